The van der Waals surface area contributed by atoms with E-state index < -0.39 is 21.9 Å². The smallest absolute Gasteiger partial charge is 0.306 e. The van der Waals surface area contributed by atoms with Crippen LogP contribution in [0.1, 0.15) is 50.9 Å². The zero-order chi connectivity index (χ0) is 23.6. The molecule has 0 saturated heterocycles. The van der Waals surface area contributed by atoms with Gasteiger partial charge in [0.1, 0.15) is 5.82 Å². The van der Waals surface area contributed by atoms with Crippen molar-refractivity contribution in [2.24, 2.45) is 0 Å². The maximum Gasteiger partial charge on any atom is 0.333 e. The first-order chi connectivity index (χ1) is 15.0. The molecule has 0 aliphatic heterocycles. The van der Waals surface area contributed by atoms with Crippen molar-refractivity contribution >= 4 is 21.7 Å². The lowest BCUT2D eigenvalue weighted by atomic mass is 9.93. The van der Waals surface area contributed by atoms with Crippen molar-refractivity contribution in [2.45, 2.75) is 51.6 Å². The van der Waals surface area contributed by atoms with Crippen molar-refractivity contribution < 1.29 is 17.6 Å². The Hall–Kier alpha value is -3.27. The minimum absolute atomic E-state index is 0.0362. The lowest BCUT2D eigenvalue weighted by Gasteiger charge is -2.19. The number of hydrogen-bond acceptors (Lipinski definition) is 5. The molecule has 0 saturated carbocycles. The van der Waals surface area contributed by atoms with Crippen molar-refractivity contribution in [3.8, 4) is 11.1 Å². The Balaban J connectivity index is 1.98. The van der Waals surface area contributed by atoms with Gasteiger partial charge in [0.15, 0.2) is 5.03 Å². The van der Waals surface area contributed by atoms with Gasteiger partial charge in [0.05, 0.1) is 5.69 Å². The molecule has 3 rings (SSSR count). The van der Waals surface area contributed by atoms with E-state index in [0.717, 1.165) is 0 Å². The molecule has 0 fully saturated rings. The summed E-state index contributed by atoms with van der Waals surface area (Å²) in [5.74, 6) is -0.611. The molecule has 0 atom stereocenters. The number of amides is 2. The van der Waals surface area contributed by atoms with Crippen LogP contribution in [-0.4, -0.2) is 29.2 Å². The number of carbonyl (C=O) groups excluding carboxylic acids is 1. The zero-order valence-corrected chi connectivity index (χ0v) is 19.4. The van der Waals surface area contributed by atoms with Crippen LogP contribution in [0.3, 0.4) is 0 Å². The molecule has 10 heteroatoms. The predicted octanol–water partition coefficient (Wildman–Crippen LogP) is 4.61. The highest BCUT2D eigenvalue weighted by atomic mass is 32.2. The van der Waals surface area contributed by atoms with Crippen LogP contribution in [0.15, 0.2) is 47.8 Å². The number of sulfonamides is 1. The largest absolute Gasteiger partial charge is 0.333 e. The number of nitrogens with zero attached hydrogens (tertiary/aromatic N) is 3. The molecular weight excluding hydrogens is 433 g/mol. The molecule has 0 unspecified atom stereocenters. The van der Waals surface area contributed by atoms with Gasteiger partial charge in [-0.25, -0.2) is 13.9 Å². The van der Waals surface area contributed by atoms with E-state index in [9.17, 15) is 17.6 Å². The summed E-state index contributed by atoms with van der Waals surface area (Å²) in [7, 11) is -4.20. The Morgan fingerprint density at radius 3 is 2.44 bits per heavy atom. The van der Waals surface area contributed by atoms with E-state index in [1.54, 1.807) is 25.3 Å². The molecule has 2 amide bonds. The molecular formula is C22H26FN5O3S. The number of aryl methyl sites for hydroxylation is 1. The van der Waals surface area contributed by atoms with E-state index in [-0.39, 0.29) is 17.0 Å². The normalized spacial score (nSPS) is 11.8. The van der Waals surface area contributed by atoms with Gasteiger partial charge >= 0.3 is 6.03 Å². The zero-order valence-electron chi connectivity index (χ0n) is 18.5. The lowest BCUT2D eigenvalue weighted by Crippen LogP contribution is -2.35. The van der Waals surface area contributed by atoms with Crippen molar-refractivity contribution in [1.29, 1.82) is 0 Å². The molecule has 0 bridgehead atoms. The summed E-state index contributed by atoms with van der Waals surface area (Å²) >= 11 is 0. The van der Waals surface area contributed by atoms with E-state index in [2.05, 4.69) is 15.4 Å². The fourth-order valence-electron chi connectivity index (χ4n) is 3.27. The number of pyridine rings is 1. The first-order valence-electron chi connectivity index (χ1n) is 10.1. The van der Waals surface area contributed by atoms with Gasteiger partial charge in [-0.1, -0.05) is 19.9 Å². The third kappa shape index (κ3) is 4.96. The summed E-state index contributed by atoms with van der Waals surface area (Å²) in [5, 5.41) is 6.34. The fourth-order valence-corrected chi connectivity index (χ4v) is 4.11. The number of benzene rings is 1. The minimum atomic E-state index is -4.20. The Morgan fingerprint density at radius 2 is 1.84 bits per heavy atom. The Bertz CT molecular complexity index is 1250. The van der Waals surface area contributed by atoms with Crippen molar-refractivity contribution in [1.82, 2.24) is 19.5 Å². The highest BCUT2D eigenvalue weighted by molar-refractivity contribution is 7.90. The molecule has 1 aromatic carbocycles. The van der Waals surface area contributed by atoms with Gasteiger partial charge < -0.3 is 5.32 Å². The van der Waals surface area contributed by atoms with Crippen LogP contribution < -0.4 is 10.0 Å². The van der Waals surface area contributed by atoms with Crippen LogP contribution in [0, 0.1) is 12.7 Å². The number of carbonyl (C=O) groups is 1. The third-order valence-corrected chi connectivity index (χ3v) is 6.13. The molecule has 2 aromatic heterocycles. The SMILES string of the molecule is Cc1ncccc1-c1cc(F)cc(C(C)C)c1NC(=O)NS(=O)(=O)c1ccn(C(C)C)n1. The summed E-state index contributed by atoms with van der Waals surface area (Å²) in [5.41, 5.74) is 2.53. The van der Waals surface area contributed by atoms with Crippen LogP contribution in [0.5, 0.6) is 0 Å². The minimum Gasteiger partial charge on any atom is -0.306 e. The standard InChI is InChI=1S/C22H26FN5O3S/c1-13(2)18-11-16(23)12-19(17-7-6-9-24-15(17)5)21(18)25-22(29)27-32(30,31)20-8-10-28(26-20)14(3)4/h6-14H,1-5H3,(H2,25,27,29). The molecule has 32 heavy (non-hydrogen) atoms. The second-order valence-corrected chi connectivity index (χ2v) is 9.63. The van der Waals surface area contributed by atoms with Crippen LogP contribution in [0.25, 0.3) is 11.1 Å². The van der Waals surface area contributed by atoms with E-state index in [0.29, 0.717) is 28.1 Å². The van der Waals surface area contributed by atoms with Crippen molar-refractivity contribution in [3.05, 3.63) is 59.8 Å². The maximum absolute atomic E-state index is 14.4. The molecule has 0 radical (unpaired) electrons. The van der Waals surface area contributed by atoms with Gasteiger partial charge in [-0.15, -0.1) is 0 Å². The summed E-state index contributed by atoms with van der Waals surface area (Å²) in [4.78, 5) is 17.0. The predicted molar refractivity (Wildman–Crippen MR) is 120 cm³/mol. The number of aromatic nitrogens is 3. The Kier molecular flexibility index (Phi) is 6.63. The van der Waals surface area contributed by atoms with Crippen LogP contribution in [0.2, 0.25) is 0 Å². The maximum atomic E-state index is 14.4. The first-order valence-corrected chi connectivity index (χ1v) is 11.6. The molecule has 8 nitrogen and oxygen atoms in total. The molecule has 2 heterocycles. The van der Waals surface area contributed by atoms with Crippen molar-refractivity contribution in [3.63, 3.8) is 0 Å². The molecule has 0 aliphatic rings. The van der Waals surface area contributed by atoms with E-state index >= 15 is 0 Å². The molecule has 0 spiro atoms. The first kappa shape index (κ1) is 23.4. The highest BCUT2D eigenvalue weighted by Crippen LogP contribution is 2.37. The number of anilines is 1. The number of hydrogen-bond donors (Lipinski definition) is 2. The second-order valence-electron chi connectivity index (χ2n) is 8.00. The van der Waals surface area contributed by atoms with E-state index in [4.69, 9.17) is 0 Å². The van der Waals surface area contributed by atoms with E-state index in [1.807, 2.05) is 32.4 Å². The van der Waals surface area contributed by atoms with Gasteiger partial charge in [-0.3, -0.25) is 9.67 Å². The fraction of sp³-hybridized carbons (Fsp3) is 0.318. The van der Waals surface area contributed by atoms with Gasteiger partial charge in [-0.2, -0.15) is 13.5 Å². The number of rotatable bonds is 6. The van der Waals surface area contributed by atoms with Crippen molar-refractivity contribution in [2.75, 3.05) is 5.32 Å². The highest BCUT2D eigenvalue weighted by Gasteiger charge is 2.24. The Labute approximate surface area is 186 Å². The van der Waals surface area contributed by atoms with Gasteiger partial charge in [0.25, 0.3) is 10.0 Å². The molecule has 3 aromatic rings. The molecule has 170 valence electrons. The van der Waals surface area contributed by atoms with Crippen LogP contribution >= 0.6 is 0 Å². The summed E-state index contributed by atoms with van der Waals surface area (Å²) in [6.07, 6.45) is 3.14. The third-order valence-electron chi connectivity index (χ3n) is 4.91. The number of urea groups is 1. The number of nitrogens with one attached hydrogen (secondary N) is 2. The summed E-state index contributed by atoms with van der Waals surface area (Å²) in [6.45, 7) is 9.19. The average molecular weight is 460 g/mol. The Morgan fingerprint density at radius 1 is 1.12 bits per heavy atom. The average Bonchev–Trinajstić information content (AvgIpc) is 3.20. The summed E-state index contributed by atoms with van der Waals surface area (Å²) < 4.78 is 43.2. The lowest BCUT2D eigenvalue weighted by molar-refractivity contribution is 0.256. The monoisotopic (exact) mass is 459 g/mol. The molecule has 0 aliphatic carbocycles. The van der Waals surface area contributed by atoms with E-state index in [1.165, 1.54) is 29.1 Å². The van der Waals surface area contributed by atoms with Gasteiger partial charge in [-0.05, 0) is 56.5 Å². The molecule has 2 N–H and O–H groups in total. The second kappa shape index (κ2) is 9.07. The van der Waals surface area contributed by atoms with Crippen LogP contribution in [-0.2, 0) is 10.0 Å². The summed E-state index contributed by atoms with van der Waals surface area (Å²) in [6, 6.07) is 6.41. The topological polar surface area (TPSA) is 106 Å². The quantitative estimate of drug-likeness (QED) is 0.560. The van der Waals surface area contributed by atoms with Crippen LogP contribution in [0.4, 0.5) is 14.9 Å². The number of halogens is 1. The van der Waals surface area contributed by atoms with Gasteiger partial charge in [0, 0.05) is 35.3 Å². The van der Waals surface area contributed by atoms with Gasteiger partial charge in [0.2, 0.25) is 0 Å².